The zero-order valence-electron chi connectivity index (χ0n) is 9.54. The fraction of sp³-hybridized carbons (Fsp3) is 0.667. The summed E-state index contributed by atoms with van der Waals surface area (Å²) in [5, 5.41) is 0. The molecule has 0 saturated heterocycles. The van der Waals surface area contributed by atoms with Crippen molar-refractivity contribution in [2.45, 2.75) is 32.4 Å². The van der Waals surface area contributed by atoms with Gasteiger partial charge in [0.25, 0.3) is 0 Å². The number of hydrogen-bond donors (Lipinski definition) is 0. The summed E-state index contributed by atoms with van der Waals surface area (Å²) in [6.07, 6.45) is 6.85. The normalized spacial score (nSPS) is 31.7. The van der Waals surface area contributed by atoms with E-state index in [2.05, 4.69) is 57.7 Å². The van der Waals surface area contributed by atoms with Crippen LogP contribution in [0.5, 0.6) is 0 Å². The SMILES string of the molecule is CCSC1=CC=CC(C)(SCC)C1C. The monoisotopic (exact) mass is 228 g/mol. The van der Waals surface area contributed by atoms with Gasteiger partial charge in [0.05, 0.1) is 0 Å². The van der Waals surface area contributed by atoms with Crippen LogP contribution >= 0.6 is 23.5 Å². The standard InChI is InChI=1S/C12H20S2/c1-5-13-11-8-7-9-12(4,10(11)3)14-6-2/h7-10H,5-6H2,1-4H3. The van der Waals surface area contributed by atoms with Gasteiger partial charge in [-0.25, -0.2) is 0 Å². The lowest BCUT2D eigenvalue weighted by molar-refractivity contribution is 0.591. The van der Waals surface area contributed by atoms with E-state index in [4.69, 9.17) is 0 Å². The minimum Gasteiger partial charge on any atom is -0.151 e. The summed E-state index contributed by atoms with van der Waals surface area (Å²) >= 11 is 4.04. The number of thioether (sulfide) groups is 2. The maximum Gasteiger partial charge on any atom is 0.0384 e. The van der Waals surface area contributed by atoms with Gasteiger partial charge in [-0.1, -0.05) is 39.0 Å². The predicted octanol–water partition coefficient (Wildman–Crippen LogP) is 4.34. The fourth-order valence-corrected chi connectivity index (χ4v) is 3.98. The van der Waals surface area contributed by atoms with Gasteiger partial charge in [0.2, 0.25) is 0 Å². The maximum atomic E-state index is 2.35. The average molecular weight is 228 g/mol. The molecule has 0 aliphatic heterocycles. The molecule has 0 fully saturated rings. The number of rotatable bonds is 4. The third-order valence-corrected chi connectivity index (χ3v) is 5.25. The molecule has 2 unspecified atom stereocenters. The molecule has 0 saturated carbocycles. The molecule has 0 radical (unpaired) electrons. The molecule has 2 atom stereocenters. The topological polar surface area (TPSA) is 0 Å². The highest BCUT2D eigenvalue weighted by Gasteiger charge is 2.32. The van der Waals surface area contributed by atoms with Crippen molar-refractivity contribution in [3.05, 3.63) is 23.1 Å². The Balaban J connectivity index is 2.76. The second-order valence-corrected chi connectivity index (χ2v) is 6.78. The summed E-state index contributed by atoms with van der Waals surface area (Å²) in [5.41, 5.74) is 0. The van der Waals surface area contributed by atoms with Crippen molar-refractivity contribution in [1.29, 1.82) is 0 Å². The lowest BCUT2D eigenvalue weighted by Crippen LogP contribution is -2.29. The van der Waals surface area contributed by atoms with E-state index in [9.17, 15) is 0 Å². The highest BCUT2D eigenvalue weighted by molar-refractivity contribution is 8.03. The summed E-state index contributed by atoms with van der Waals surface area (Å²) in [6.45, 7) is 9.16. The van der Waals surface area contributed by atoms with Crippen molar-refractivity contribution < 1.29 is 0 Å². The van der Waals surface area contributed by atoms with Gasteiger partial charge in [-0.05, 0) is 23.3 Å². The molecule has 80 valence electrons. The Labute approximate surface area is 96.6 Å². The summed E-state index contributed by atoms with van der Waals surface area (Å²) in [7, 11) is 0. The predicted molar refractivity (Wildman–Crippen MR) is 71.1 cm³/mol. The fourth-order valence-electron chi connectivity index (χ4n) is 1.73. The van der Waals surface area contributed by atoms with E-state index in [0.29, 0.717) is 10.7 Å². The van der Waals surface area contributed by atoms with Crippen LogP contribution in [0.3, 0.4) is 0 Å². The molecule has 0 bridgehead atoms. The number of hydrogen-bond acceptors (Lipinski definition) is 2. The lowest BCUT2D eigenvalue weighted by atomic mass is 9.90. The average Bonchev–Trinajstić information content (AvgIpc) is 2.14. The third-order valence-electron chi connectivity index (χ3n) is 2.74. The smallest absolute Gasteiger partial charge is 0.0384 e. The van der Waals surface area contributed by atoms with Gasteiger partial charge in [-0.15, -0.1) is 11.8 Å². The van der Waals surface area contributed by atoms with E-state index in [1.165, 1.54) is 11.5 Å². The largest absolute Gasteiger partial charge is 0.151 e. The molecule has 1 aliphatic rings. The van der Waals surface area contributed by atoms with E-state index in [-0.39, 0.29) is 0 Å². The van der Waals surface area contributed by atoms with Crippen LogP contribution in [0.25, 0.3) is 0 Å². The first-order chi connectivity index (χ1) is 6.64. The Hall–Kier alpha value is 0.180. The second kappa shape index (κ2) is 5.32. The summed E-state index contributed by atoms with van der Waals surface area (Å²) in [4.78, 5) is 1.54. The van der Waals surface area contributed by atoms with Crippen LogP contribution in [0.15, 0.2) is 23.1 Å². The van der Waals surface area contributed by atoms with Crippen LogP contribution in [0, 0.1) is 5.92 Å². The van der Waals surface area contributed by atoms with Crippen molar-refractivity contribution in [1.82, 2.24) is 0 Å². The molecule has 1 aliphatic carbocycles. The zero-order chi connectivity index (χ0) is 10.6. The molecule has 0 aromatic carbocycles. The highest BCUT2D eigenvalue weighted by Crippen LogP contribution is 2.43. The van der Waals surface area contributed by atoms with Crippen LogP contribution in [-0.2, 0) is 0 Å². The van der Waals surface area contributed by atoms with Crippen molar-refractivity contribution in [2.75, 3.05) is 11.5 Å². The van der Waals surface area contributed by atoms with Crippen LogP contribution in [0.2, 0.25) is 0 Å². The van der Waals surface area contributed by atoms with E-state index < -0.39 is 0 Å². The first kappa shape index (κ1) is 12.3. The van der Waals surface area contributed by atoms with Gasteiger partial charge in [-0.2, -0.15) is 11.8 Å². The summed E-state index contributed by atoms with van der Waals surface area (Å²) in [6, 6.07) is 0. The van der Waals surface area contributed by atoms with Crippen LogP contribution in [-0.4, -0.2) is 16.3 Å². The molecule has 0 aromatic heterocycles. The Morgan fingerprint density at radius 1 is 1.36 bits per heavy atom. The van der Waals surface area contributed by atoms with Gasteiger partial charge in [0, 0.05) is 10.7 Å². The molecular weight excluding hydrogens is 208 g/mol. The highest BCUT2D eigenvalue weighted by atomic mass is 32.2. The number of allylic oxidation sites excluding steroid dienone is 3. The minimum atomic E-state index is 0.307. The van der Waals surface area contributed by atoms with E-state index in [1.54, 1.807) is 4.91 Å². The molecule has 0 nitrogen and oxygen atoms in total. The molecule has 2 heteroatoms. The molecule has 0 amide bonds. The summed E-state index contributed by atoms with van der Waals surface area (Å²) < 4.78 is 0.307. The van der Waals surface area contributed by atoms with Gasteiger partial charge in [-0.3, -0.25) is 0 Å². The zero-order valence-corrected chi connectivity index (χ0v) is 11.2. The van der Waals surface area contributed by atoms with Crippen LogP contribution in [0.1, 0.15) is 27.7 Å². The second-order valence-electron chi connectivity index (χ2n) is 3.70. The quantitative estimate of drug-likeness (QED) is 0.702. The van der Waals surface area contributed by atoms with E-state index >= 15 is 0 Å². The molecule has 0 spiro atoms. The van der Waals surface area contributed by atoms with Gasteiger partial charge >= 0.3 is 0 Å². The Kier molecular flexibility index (Phi) is 4.65. The minimum absolute atomic E-state index is 0.307. The van der Waals surface area contributed by atoms with E-state index in [1.807, 2.05) is 11.8 Å². The molecule has 1 rings (SSSR count). The first-order valence-corrected chi connectivity index (χ1v) is 7.27. The Morgan fingerprint density at radius 3 is 2.64 bits per heavy atom. The van der Waals surface area contributed by atoms with Gasteiger partial charge in [0.15, 0.2) is 0 Å². The molecule has 0 heterocycles. The van der Waals surface area contributed by atoms with Crippen molar-refractivity contribution in [3.8, 4) is 0 Å². The summed E-state index contributed by atoms with van der Waals surface area (Å²) in [5.74, 6) is 3.02. The van der Waals surface area contributed by atoms with Crippen LogP contribution < -0.4 is 0 Å². The van der Waals surface area contributed by atoms with Crippen molar-refractivity contribution in [2.24, 2.45) is 5.92 Å². The van der Waals surface area contributed by atoms with E-state index in [0.717, 1.165) is 0 Å². The molecular formula is C12H20S2. The Bertz CT molecular complexity index is 243. The van der Waals surface area contributed by atoms with Crippen LogP contribution in [0.4, 0.5) is 0 Å². The molecule has 0 aromatic rings. The third kappa shape index (κ3) is 2.60. The van der Waals surface area contributed by atoms with Crippen molar-refractivity contribution in [3.63, 3.8) is 0 Å². The van der Waals surface area contributed by atoms with Crippen molar-refractivity contribution >= 4 is 23.5 Å². The molecule has 0 N–H and O–H groups in total. The maximum absolute atomic E-state index is 2.35. The van der Waals surface area contributed by atoms with Gasteiger partial charge < -0.3 is 0 Å². The first-order valence-electron chi connectivity index (χ1n) is 5.30. The Morgan fingerprint density at radius 2 is 2.07 bits per heavy atom. The molecule has 14 heavy (non-hydrogen) atoms. The van der Waals surface area contributed by atoms with Gasteiger partial charge in [0.1, 0.15) is 0 Å². The lowest BCUT2D eigenvalue weighted by Gasteiger charge is -2.35.